The summed E-state index contributed by atoms with van der Waals surface area (Å²) >= 11 is 0. The Bertz CT molecular complexity index is 1520. The largest absolute Gasteiger partial charge is 0.384 e. The Hall–Kier alpha value is -3.24. The molecule has 0 saturated heterocycles. The standard InChI is InChI=1S/C27H30F2N4O3S/c1-30-9-4-5-16-13-31-25-23-17(14-33(26(16)23)22-7-6-19(28)12-21(22)29)11-18(15-37(3,35)36)20-8-10-32(2)27(34)24(20)25/h6-8,10-12,14,16,26,30-31H,4-5,9,13,15H2,1-3H3. The van der Waals surface area contributed by atoms with Gasteiger partial charge in [0.25, 0.3) is 5.56 Å². The van der Waals surface area contributed by atoms with Crippen LogP contribution in [0.25, 0.3) is 11.3 Å². The molecule has 1 aromatic heterocycles. The number of halogens is 2. The molecule has 0 spiro atoms. The highest BCUT2D eigenvalue weighted by atomic mass is 32.2. The highest BCUT2D eigenvalue weighted by Gasteiger charge is 2.43. The summed E-state index contributed by atoms with van der Waals surface area (Å²) in [4.78, 5) is 15.3. The van der Waals surface area contributed by atoms with Crippen LogP contribution in [0.1, 0.15) is 24.0 Å². The molecule has 0 fully saturated rings. The molecule has 1 aromatic carbocycles. The molecule has 2 aromatic rings. The maximum atomic E-state index is 15.1. The van der Waals surface area contributed by atoms with Crippen LogP contribution in [0.3, 0.4) is 0 Å². The van der Waals surface area contributed by atoms with Crippen LogP contribution in [0, 0.1) is 17.6 Å². The first kappa shape index (κ1) is 25.4. The zero-order valence-corrected chi connectivity index (χ0v) is 21.8. The number of allylic oxidation sites excluding steroid dienone is 1. The van der Waals surface area contributed by atoms with Crippen LogP contribution in [0.2, 0.25) is 0 Å². The third kappa shape index (κ3) is 4.64. The number of aromatic nitrogens is 1. The molecule has 2 atom stereocenters. The summed E-state index contributed by atoms with van der Waals surface area (Å²) in [6, 6.07) is 4.98. The fourth-order valence-corrected chi connectivity index (χ4v) is 6.46. The van der Waals surface area contributed by atoms with Crippen LogP contribution >= 0.6 is 0 Å². The highest BCUT2D eigenvalue weighted by Crippen LogP contribution is 2.46. The van der Waals surface area contributed by atoms with E-state index in [1.165, 1.54) is 16.7 Å². The van der Waals surface area contributed by atoms with Crippen molar-refractivity contribution in [3.05, 3.63) is 87.0 Å². The van der Waals surface area contributed by atoms with Crippen molar-refractivity contribution in [2.24, 2.45) is 13.0 Å². The van der Waals surface area contributed by atoms with Gasteiger partial charge in [0, 0.05) is 49.8 Å². The average molecular weight is 529 g/mol. The molecule has 5 rings (SSSR count). The quantitative estimate of drug-likeness (QED) is 0.538. The van der Waals surface area contributed by atoms with Gasteiger partial charge in [-0.25, -0.2) is 17.2 Å². The summed E-state index contributed by atoms with van der Waals surface area (Å²) < 4.78 is 55.1. The molecule has 10 heteroatoms. The second-order valence-electron chi connectivity index (χ2n) is 9.97. The van der Waals surface area contributed by atoms with Crippen molar-refractivity contribution in [1.29, 1.82) is 0 Å². The normalized spacial score (nSPS) is 20.6. The number of fused-ring (bicyclic) bond motifs is 2. The number of rotatable bonds is 7. The number of aryl methyl sites for hydroxylation is 1. The lowest BCUT2D eigenvalue weighted by Crippen LogP contribution is -2.46. The molecule has 7 nitrogen and oxygen atoms in total. The Labute approximate surface area is 215 Å². The van der Waals surface area contributed by atoms with Crippen LogP contribution in [0.5, 0.6) is 0 Å². The molecule has 0 bridgehead atoms. The van der Waals surface area contributed by atoms with Gasteiger partial charge in [-0.15, -0.1) is 0 Å². The van der Waals surface area contributed by atoms with Gasteiger partial charge >= 0.3 is 0 Å². The summed E-state index contributed by atoms with van der Waals surface area (Å²) in [5.74, 6) is -1.52. The van der Waals surface area contributed by atoms with Crippen molar-refractivity contribution < 1.29 is 17.2 Å². The minimum atomic E-state index is -3.42. The minimum absolute atomic E-state index is 0.0613. The second kappa shape index (κ2) is 9.57. The lowest BCUT2D eigenvalue weighted by molar-refractivity contribution is 0.394. The van der Waals surface area contributed by atoms with Crippen molar-refractivity contribution in [1.82, 2.24) is 15.2 Å². The highest BCUT2D eigenvalue weighted by molar-refractivity contribution is 7.91. The molecule has 3 heterocycles. The van der Waals surface area contributed by atoms with Gasteiger partial charge in [-0.3, -0.25) is 4.79 Å². The van der Waals surface area contributed by atoms with Gasteiger partial charge < -0.3 is 20.1 Å². The fraction of sp³-hybridized carbons (Fsp3) is 0.370. The molecule has 3 aliphatic rings. The Morgan fingerprint density at radius 3 is 2.70 bits per heavy atom. The third-order valence-electron chi connectivity index (χ3n) is 7.24. The molecule has 37 heavy (non-hydrogen) atoms. The third-order valence-corrected chi connectivity index (χ3v) is 8.08. The number of hydrogen-bond donors (Lipinski definition) is 2. The van der Waals surface area contributed by atoms with Crippen molar-refractivity contribution in [3.8, 4) is 0 Å². The van der Waals surface area contributed by atoms with Gasteiger partial charge in [-0.1, -0.05) is 0 Å². The maximum Gasteiger partial charge on any atom is 0.260 e. The van der Waals surface area contributed by atoms with Crippen LogP contribution in [0.4, 0.5) is 14.5 Å². The SMILES string of the molecule is CNCCCC1CNC2=C3C(=CN(c4ccc(F)cc4F)C31)C=C(CS(C)(=O)=O)c1ccn(C)c(=O)c12. The smallest absolute Gasteiger partial charge is 0.260 e. The predicted octanol–water partition coefficient (Wildman–Crippen LogP) is 2.81. The van der Waals surface area contributed by atoms with E-state index in [0.29, 0.717) is 34.5 Å². The van der Waals surface area contributed by atoms with E-state index >= 15 is 4.39 Å². The molecule has 0 saturated carbocycles. The predicted molar refractivity (Wildman–Crippen MR) is 142 cm³/mol. The van der Waals surface area contributed by atoms with Gasteiger partial charge in [0.2, 0.25) is 0 Å². The molecular formula is C27H30F2N4O3S. The average Bonchev–Trinajstić information content (AvgIpc) is 3.13. The Morgan fingerprint density at radius 1 is 1.22 bits per heavy atom. The van der Waals surface area contributed by atoms with Crippen molar-refractivity contribution in [2.75, 3.05) is 37.0 Å². The van der Waals surface area contributed by atoms with E-state index in [1.807, 2.05) is 11.9 Å². The van der Waals surface area contributed by atoms with E-state index in [-0.39, 0.29) is 29.0 Å². The van der Waals surface area contributed by atoms with Crippen molar-refractivity contribution in [3.63, 3.8) is 0 Å². The minimum Gasteiger partial charge on any atom is -0.384 e. The zero-order valence-electron chi connectivity index (χ0n) is 21.0. The molecule has 196 valence electrons. The first-order valence-electron chi connectivity index (χ1n) is 12.3. The van der Waals surface area contributed by atoms with Crippen LogP contribution < -0.4 is 21.1 Å². The van der Waals surface area contributed by atoms with E-state index < -0.39 is 21.5 Å². The molecular weight excluding hydrogens is 498 g/mol. The first-order valence-corrected chi connectivity index (χ1v) is 14.3. The Balaban J connectivity index is 1.76. The fourth-order valence-electron chi connectivity index (χ4n) is 5.66. The first-order chi connectivity index (χ1) is 17.6. The summed E-state index contributed by atoms with van der Waals surface area (Å²) in [7, 11) is 0.123. The number of sulfone groups is 1. The summed E-state index contributed by atoms with van der Waals surface area (Å²) in [6.45, 7) is 1.37. The number of hydrogen-bond acceptors (Lipinski definition) is 6. The lowest BCUT2D eigenvalue weighted by atomic mass is 9.82. The number of anilines is 1. The van der Waals surface area contributed by atoms with E-state index in [9.17, 15) is 17.6 Å². The van der Waals surface area contributed by atoms with Gasteiger partial charge in [0.15, 0.2) is 9.84 Å². The Morgan fingerprint density at radius 2 is 2.00 bits per heavy atom. The van der Waals surface area contributed by atoms with Gasteiger partial charge in [0.1, 0.15) is 11.6 Å². The number of nitrogens with zero attached hydrogens (tertiary/aromatic N) is 2. The molecule has 2 unspecified atom stereocenters. The molecule has 1 aliphatic carbocycles. The molecule has 0 radical (unpaired) electrons. The molecule has 2 aliphatic heterocycles. The summed E-state index contributed by atoms with van der Waals surface area (Å²) in [5, 5.41) is 6.64. The number of nitrogens with one attached hydrogen (secondary N) is 2. The number of benzene rings is 1. The van der Waals surface area contributed by atoms with Crippen molar-refractivity contribution in [2.45, 2.75) is 18.9 Å². The van der Waals surface area contributed by atoms with E-state index in [0.717, 1.165) is 37.3 Å². The maximum absolute atomic E-state index is 15.1. The van der Waals surface area contributed by atoms with Crippen LogP contribution in [0.15, 0.2) is 58.7 Å². The Kier molecular flexibility index (Phi) is 6.57. The van der Waals surface area contributed by atoms with E-state index in [1.54, 1.807) is 31.6 Å². The lowest BCUT2D eigenvalue weighted by Gasteiger charge is -2.39. The number of pyridine rings is 1. The van der Waals surface area contributed by atoms with Crippen molar-refractivity contribution >= 4 is 26.8 Å². The second-order valence-corrected chi connectivity index (χ2v) is 12.1. The van der Waals surface area contributed by atoms with Gasteiger partial charge in [0.05, 0.1) is 28.7 Å². The van der Waals surface area contributed by atoms with Crippen LogP contribution in [-0.4, -0.2) is 51.2 Å². The van der Waals surface area contributed by atoms with E-state index in [2.05, 4.69) is 10.6 Å². The topological polar surface area (TPSA) is 83.4 Å². The summed E-state index contributed by atoms with van der Waals surface area (Å²) in [5.41, 5.74) is 3.67. The van der Waals surface area contributed by atoms with Gasteiger partial charge in [-0.2, -0.15) is 0 Å². The van der Waals surface area contributed by atoms with E-state index in [4.69, 9.17) is 0 Å². The van der Waals surface area contributed by atoms with Gasteiger partial charge in [-0.05, 0) is 67.4 Å². The van der Waals surface area contributed by atoms with Crippen LogP contribution in [-0.2, 0) is 16.9 Å². The molecule has 0 amide bonds. The zero-order chi connectivity index (χ0) is 26.5. The monoisotopic (exact) mass is 528 g/mol. The summed E-state index contributed by atoms with van der Waals surface area (Å²) in [6.07, 6.45) is 8.12. The molecule has 2 N–H and O–H groups in total.